The highest BCUT2D eigenvalue weighted by molar-refractivity contribution is 5.12. The van der Waals surface area contributed by atoms with E-state index in [4.69, 9.17) is 5.26 Å². The number of hydrogen-bond acceptors (Lipinski definition) is 3. The average molecular weight is 177 g/mol. The second-order valence-electron chi connectivity index (χ2n) is 4.15. The molecule has 0 bridgehead atoms. The summed E-state index contributed by atoms with van der Waals surface area (Å²) < 4.78 is 0. The van der Waals surface area contributed by atoms with Gasteiger partial charge in [-0.25, -0.2) is 0 Å². The van der Waals surface area contributed by atoms with Gasteiger partial charge >= 0.3 is 0 Å². The van der Waals surface area contributed by atoms with Gasteiger partial charge in [0.1, 0.15) is 0 Å². The molecule has 0 unspecified atom stereocenters. The van der Waals surface area contributed by atoms with Crippen molar-refractivity contribution >= 4 is 0 Å². The summed E-state index contributed by atoms with van der Waals surface area (Å²) in [5, 5.41) is 17.4. The lowest BCUT2D eigenvalue weighted by Crippen LogP contribution is -2.32. The molecule has 0 N–H and O–H groups in total. The zero-order chi connectivity index (χ0) is 9.15. The van der Waals surface area contributed by atoms with E-state index in [0.29, 0.717) is 6.04 Å². The summed E-state index contributed by atoms with van der Waals surface area (Å²) in [5.41, 5.74) is -0.414. The van der Waals surface area contributed by atoms with Gasteiger partial charge in [-0.1, -0.05) is 12.8 Å². The van der Waals surface area contributed by atoms with Gasteiger partial charge in [-0.2, -0.15) is 15.5 Å². The van der Waals surface area contributed by atoms with Crippen LogP contribution in [-0.4, -0.2) is 11.6 Å². The van der Waals surface area contributed by atoms with E-state index >= 15 is 0 Å². The zero-order valence-electron chi connectivity index (χ0n) is 7.87. The first kappa shape index (κ1) is 8.68. The highest BCUT2D eigenvalue weighted by Crippen LogP contribution is 2.36. The molecule has 0 saturated heterocycles. The van der Waals surface area contributed by atoms with Crippen molar-refractivity contribution in [2.75, 3.05) is 0 Å². The maximum atomic E-state index is 8.91. The monoisotopic (exact) mass is 177 g/mol. The molecule has 0 aliphatic heterocycles. The Labute approximate surface area is 78.9 Å². The quantitative estimate of drug-likeness (QED) is 0.598. The summed E-state index contributed by atoms with van der Waals surface area (Å²) in [6.45, 7) is 0. The van der Waals surface area contributed by atoms with Crippen LogP contribution < -0.4 is 0 Å². The smallest absolute Gasteiger partial charge is 0.167 e. The number of azo groups is 1. The first-order chi connectivity index (χ1) is 6.35. The normalized spacial score (nSPS) is 27.3. The largest absolute Gasteiger partial charge is 0.196 e. The van der Waals surface area contributed by atoms with Gasteiger partial charge in [0.15, 0.2) is 5.54 Å². The van der Waals surface area contributed by atoms with E-state index in [2.05, 4.69) is 16.3 Å². The van der Waals surface area contributed by atoms with Crippen LogP contribution in [0.1, 0.15) is 44.9 Å². The van der Waals surface area contributed by atoms with Gasteiger partial charge in [0, 0.05) is 0 Å². The third kappa shape index (κ3) is 1.72. The molecule has 70 valence electrons. The lowest BCUT2D eigenvalue weighted by molar-refractivity contribution is 0.309. The molecule has 3 nitrogen and oxygen atoms in total. The van der Waals surface area contributed by atoms with Crippen molar-refractivity contribution in [3.63, 3.8) is 0 Å². The predicted octanol–water partition coefficient (Wildman–Crippen LogP) is 2.83. The van der Waals surface area contributed by atoms with E-state index in [1.165, 1.54) is 25.7 Å². The van der Waals surface area contributed by atoms with E-state index in [9.17, 15) is 0 Å². The Morgan fingerprint density at radius 2 is 1.85 bits per heavy atom. The van der Waals surface area contributed by atoms with Gasteiger partial charge < -0.3 is 0 Å². The van der Waals surface area contributed by atoms with Crippen LogP contribution >= 0.6 is 0 Å². The van der Waals surface area contributed by atoms with Crippen molar-refractivity contribution in [2.45, 2.75) is 56.5 Å². The minimum atomic E-state index is -0.414. The number of nitrogens with zero attached hydrogens (tertiary/aromatic N) is 3. The van der Waals surface area contributed by atoms with Gasteiger partial charge in [-0.3, -0.25) is 0 Å². The minimum absolute atomic E-state index is 0.414. The fourth-order valence-corrected chi connectivity index (χ4v) is 1.96. The van der Waals surface area contributed by atoms with Crippen LogP contribution in [0.2, 0.25) is 0 Å². The van der Waals surface area contributed by atoms with Gasteiger partial charge in [0.05, 0.1) is 12.1 Å². The van der Waals surface area contributed by atoms with Crippen molar-refractivity contribution in [1.82, 2.24) is 0 Å². The summed E-state index contributed by atoms with van der Waals surface area (Å²) in [4.78, 5) is 0. The standard InChI is InChI=1S/C10H15N3/c11-8-10(6-3-7-10)13-12-9-4-1-2-5-9/h9H,1-7H2. The second-order valence-corrected chi connectivity index (χ2v) is 4.15. The van der Waals surface area contributed by atoms with Crippen molar-refractivity contribution in [3.8, 4) is 6.07 Å². The van der Waals surface area contributed by atoms with Crippen LogP contribution in [0.3, 0.4) is 0 Å². The number of rotatable bonds is 2. The van der Waals surface area contributed by atoms with E-state index in [-0.39, 0.29) is 0 Å². The highest BCUT2D eigenvalue weighted by atomic mass is 15.2. The van der Waals surface area contributed by atoms with Crippen LogP contribution in [0.5, 0.6) is 0 Å². The van der Waals surface area contributed by atoms with E-state index in [1.807, 2.05) is 0 Å². The summed E-state index contributed by atoms with van der Waals surface area (Å²) in [6, 6.07) is 2.70. The Morgan fingerprint density at radius 1 is 1.15 bits per heavy atom. The molecule has 0 amide bonds. The first-order valence-electron chi connectivity index (χ1n) is 5.18. The molecule has 0 radical (unpaired) electrons. The van der Waals surface area contributed by atoms with Crippen LogP contribution in [0.15, 0.2) is 10.2 Å². The topological polar surface area (TPSA) is 48.5 Å². The van der Waals surface area contributed by atoms with Gasteiger partial charge in [-0.15, -0.1) is 0 Å². The Hall–Kier alpha value is -0.910. The maximum absolute atomic E-state index is 8.91. The van der Waals surface area contributed by atoms with Gasteiger partial charge in [-0.05, 0) is 32.1 Å². The molecule has 2 aliphatic rings. The lowest BCUT2D eigenvalue weighted by atomic mass is 9.79. The summed E-state index contributed by atoms with van der Waals surface area (Å²) in [5.74, 6) is 0. The summed E-state index contributed by atoms with van der Waals surface area (Å²) >= 11 is 0. The van der Waals surface area contributed by atoms with Crippen molar-refractivity contribution in [3.05, 3.63) is 0 Å². The molecule has 0 aromatic rings. The average Bonchev–Trinajstić information content (AvgIpc) is 2.56. The molecule has 0 aromatic carbocycles. The first-order valence-corrected chi connectivity index (χ1v) is 5.18. The summed E-state index contributed by atoms with van der Waals surface area (Å²) in [7, 11) is 0. The molecule has 0 atom stereocenters. The van der Waals surface area contributed by atoms with E-state index in [1.54, 1.807) is 0 Å². The molecule has 3 heteroatoms. The molecular formula is C10H15N3. The Balaban J connectivity index is 1.91. The molecular weight excluding hydrogens is 162 g/mol. The lowest BCUT2D eigenvalue weighted by Gasteiger charge is -2.29. The molecule has 0 aromatic heterocycles. The summed E-state index contributed by atoms with van der Waals surface area (Å²) in [6.07, 6.45) is 7.87. The second kappa shape index (κ2) is 3.45. The van der Waals surface area contributed by atoms with Gasteiger partial charge in [0.2, 0.25) is 0 Å². The highest BCUT2D eigenvalue weighted by Gasteiger charge is 2.37. The predicted molar refractivity (Wildman–Crippen MR) is 49.3 cm³/mol. The fraction of sp³-hybridized carbons (Fsp3) is 0.900. The minimum Gasteiger partial charge on any atom is -0.196 e. The van der Waals surface area contributed by atoms with Gasteiger partial charge in [0.25, 0.3) is 0 Å². The molecule has 2 saturated carbocycles. The fourth-order valence-electron chi connectivity index (χ4n) is 1.96. The SMILES string of the molecule is N#CC1(N=NC2CCCC2)CCC1. The van der Waals surface area contributed by atoms with E-state index in [0.717, 1.165) is 19.3 Å². The maximum Gasteiger partial charge on any atom is 0.167 e. The molecule has 0 heterocycles. The molecule has 2 fully saturated rings. The van der Waals surface area contributed by atoms with Crippen molar-refractivity contribution < 1.29 is 0 Å². The number of hydrogen-bond donors (Lipinski definition) is 0. The number of nitriles is 1. The van der Waals surface area contributed by atoms with Crippen LogP contribution in [0.4, 0.5) is 0 Å². The van der Waals surface area contributed by atoms with Crippen molar-refractivity contribution in [1.29, 1.82) is 5.26 Å². The molecule has 0 spiro atoms. The van der Waals surface area contributed by atoms with Crippen LogP contribution in [-0.2, 0) is 0 Å². The van der Waals surface area contributed by atoms with Crippen molar-refractivity contribution in [2.24, 2.45) is 10.2 Å². The van der Waals surface area contributed by atoms with Crippen LogP contribution in [0, 0.1) is 11.3 Å². The molecule has 2 aliphatic carbocycles. The van der Waals surface area contributed by atoms with E-state index < -0.39 is 5.54 Å². The van der Waals surface area contributed by atoms with Crippen LogP contribution in [0.25, 0.3) is 0 Å². The molecule has 2 rings (SSSR count). The Morgan fingerprint density at radius 3 is 2.31 bits per heavy atom. The Bertz CT molecular complexity index is 241. The third-order valence-electron chi connectivity index (χ3n) is 3.13. The third-order valence-corrected chi connectivity index (χ3v) is 3.13. The molecule has 13 heavy (non-hydrogen) atoms. The Kier molecular flexibility index (Phi) is 2.30. The zero-order valence-corrected chi connectivity index (χ0v) is 7.87.